The third kappa shape index (κ3) is 2.73. The second-order valence-corrected chi connectivity index (χ2v) is 5.20. The van der Waals surface area contributed by atoms with Crippen molar-refractivity contribution in [2.45, 2.75) is 13.5 Å². The topological polar surface area (TPSA) is 34.9 Å². The Morgan fingerprint density at radius 3 is 3.12 bits per heavy atom. The molecular formula is C12H11BrN2OS. The number of nitrogens with zero attached hydrogens (tertiary/aromatic N) is 2. The highest BCUT2D eigenvalue weighted by Gasteiger charge is 2.13. The molecule has 0 fully saturated rings. The summed E-state index contributed by atoms with van der Waals surface area (Å²) in [5.74, 6) is -0.0374. The second kappa shape index (κ2) is 5.42. The molecule has 0 atom stereocenters. The highest BCUT2D eigenvalue weighted by Crippen LogP contribution is 2.18. The molecule has 2 aromatic heterocycles. The molecule has 0 bridgehead atoms. The molecule has 0 spiro atoms. The van der Waals surface area contributed by atoms with Crippen molar-refractivity contribution >= 4 is 39.1 Å². The number of hydrogen-bond donors (Lipinski definition) is 0. The number of halogens is 1. The molecular weight excluding hydrogens is 300 g/mol. The number of aryl methyl sites for hydroxylation is 1. The Balaban J connectivity index is 2.23. The van der Waals surface area contributed by atoms with E-state index in [-0.39, 0.29) is 5.78 Å². The van der Waals surface area contributed by atoms with Crippen molar-refractivity contribution in [3.63, 3.8) is 0 Å². The summed E-state index contributed by atoms with van der Waals surface area (Å²) in [4.78, 5) is 13.1. The minimum Gasteiger partial charge on any atom is -0.288 e. The van der Waals surface area contributed by atoms with E-state index >= 15 is 0 Å². The first-order valence-corrected chi connectivity index (χ1v) is 6.87. The molecule has 0 saturated carbocycles. The van der Waals surface area contributed by atoms with Crippen molar-refractivity contribution in [1.82, 2.24) is 9.78 Å². The summed E-state index contributed by atoms with van der Waals surface area (Å²) in [6, 6.07) is 3.93. The van der Waals surface area contributed by atoms with Gasteiger partial charge in [-0.05, 0) is 46.5 Å². The van der Waals surface area contributed by atoms with Crippen LogP contribution in [0.3, 0.4) is 0 Å². The lowest BCUT2D eigenvalue weighted by atomic mass is 10.2. The van der Waals surface area contributed by atoms with Crippen LogP contribution in [0.5, 0.6) is 0 Å². The second-order valence-electron chi connectivity index (χ2n) is 3.37. The van der Waals surface area contributed by atoms with Gasteiger partial charge in [-0.1, -0.05) is 6.07 Å². The van der Waals surface area contributed by atoms with Crippen LogP contribution in [0, 0.1) is 0 Å². The van der Waals surface area contributed by atoms with Crippen LogP contribution in [0.25, 0.3) is 6.08 Å². The number of carbonyl (C=O) groups excluding carboxylic acids is 1. The largest absolute Gasteiger partial charge is 0.288 e. The molecule has 3 nitrogen and oxygen atoms in total. The molecule has 0 N–H and O–H groups in total. The molecule has 2 heterocycles. The number of thiophene rings is 1. The highest BCUT2D eigenvalue weighted by atomic mass is 79.9. The molecule has 0 radical (unpaired) electrons. The lowest BCUT2D eigenvalue weighted by molar-refractivity contribution is 0.103. The fraction of sp³-hybridized carbons (Fsp3) is 0.167. The van der Waals surface area contributed by atoms with Gasteiger partial charge in [0.15, 0.2) is 0 Å². The van der Waals surface area contributed by atoms with Gasteiger partial charge in [0.05, 0.1) is 10.7 Å². The van der Waals surface area contributed by atoms with Gasteiger partial charge in [-0.15, -0.1) is 11.3 Å². The van der Waals surface area contributed by atoms with E-state index in [1.54, 1.807) is 28.3 Å². The van der Waals surface area contributed by atoms with Crippen molar-refractivity contribution < 1.29 is 4.79 Å². The highest BCUT2D eigenvalue weighted by molar-refractivity contribution is 9.10. The molecule has 17 heavy (non-hydrogen) atoms. The SMILES string of the molecule is CCn1ncc(Br)c1C(=O)/C=C/c1cccs1. The lowest BCUT2D eigenvalue weighted by Gasteiger charge is -2.00. The molecule has 2 rings (SSSR count). The van der Waals surface area contributed by atoms with Crippen molar-refractivity contribution in [2.75, 3.05) is 0 Å². The summed E-state index contributed by atoms with van der Waals surface area (Å²) < 4.78 is 2.42. The number of rotatable bonds is 4. The standard InChI is InChI=1S/C12H11BrN2OS/c1-2-15-12(10(13)8-14-15)11(16)6-5-9-4-3-7-17-9/h3-8H,2H2,1H3/b6-5+. The van der Waals surface area contributed by atoms with Crippen LogP contribution >= 0.6 is 27.3 Å². The summed E-state index contributed by atoms with van der Waals surface area (Å²) in [5.41, 5.74) is 0.598. The zero-order valence-corrected chi connectivity index (χ0v) is 11.7. The van der Waals surface area contributed by atoms with E-state index in [4.69, 9.17) is 0 Å². The van der Waals surface area contributed by atoms with Crippen molar-refractivity contribution in [2.24, 2.45) is 0 Å². The molecule has 2 aromatic rings. The molecule has 88 valence electrons. The van der Waals surface area contributed by atoms with Gasteiger partial charge in [-0.3, -0.25) is 9.48 Å². The van der Waals surface area contributed by atoms with Crippen LogP contribution in [0.2, 0.25) is 0 Å². The minimum absolute atomic E-state index is 0.0374. The van der Waals surface area contributed by atoms with E-state index in [0.717, 1.165) is 9.35 Å². The van der Waals surface area contributed by atoms with Crippen LogP contribution in [-0.4, -0.2) is 15.6 Å². The third-order valence-corrected chi connectivity index (χ3v) is 3.69. The Bertz CT molecular complexity index is 543. The van der Waals surface area contributed by atoms with Gasteiger partial charge in [0.2, 0.25) is 5.78 Å². The molecule has 0 aliphatic heterocycles. The molecule has 5 heteroatoms. The van der Waals surface area contributed by atoms with Crippen molar-refractivity contribution in [3.8, 4) is 0 Å². The van der Waals surface area contributed by atoms with Crippen molar-refractivity contribution in [3.05, 3.63) is 44.8 Å². The Labute approximate surface area is 112 Å². The van der Waals surface area contributed by atoms with E-state index in [1.807, 2.05) is 30.5 Å². The van der Waals surface area contributed by atoms with Gasteiger partial charge < -0.3 is 0 Å². The van der Waals surface area contributed by atoms with Gasteiger partial charge in [-0.25, -0.2) is 0 Å². The van der Waals surface area contributed by atoms with Crippen molar-refractivity contribution in [1.29, 1.82) is 0 Å². The minimum atomic E-state index is -0.0374. The summed E-state index contributed by atoms with van der Waals surface area (Å²) in [6.07, 6.45) is 5.06. The number of allylic oxidation sites excluding steroid dienone is 1. The lowest BCUT2D eigenvalue weighted by Crippen LogP contribution is -2.07. The third-order valence-electron chi connectivity index (χ3n) is 2.27. The maximum absolute atomic E-state index is 12.0. The molecule has 0 aliphatic rings. The van der Waals surface area contributed by atoms with Crippen LogP contribution in [-0.2, 0) is 6.54 Å². The molecule has 0 aromatic carbocycles. The van der Waals surface area contributed by atoms with Gasteiger partial charge in [0, 0.05) is 11.4 Å². The number of carbonyl (C=O) groups is 1. The molecule has 0 saturated heterocycles. The summed E-state index contributed by atoms with van der Waals surface area (Å²) in [6.45, 7) is 2.64. The van der Waals surface area contributed by atoms with E-state index in [0.29, 0.717) is 12.2 Å². The summed E-state index contributed by atoms with van der Waals surface area (Å²) >= 11 is 4.94. The number of ketones is 1. The van der Waals surface area contributed by atoms with E-state index in [9.17, 15) is 4.79 Å². The van der Waals surface area contributed by atoms with Gasteiger partial charge in [0.1, 0.15) is 5.69 Å². The van der Waals surface area contributed by atoms with E-state index < -0.39 is 0 Å². The zero-order valence-electron chi connectivity index (χ0n) is 9.26. The Kier molecular flexibility index (Phi) is 3.91. The predicted molar refractivity (Wildman–Crippen MR) is 73.3 cm³/mol. The predicted octanol–water partition coefficient (Wildman–Crippen LogP) is 3.62. The molecule has 0 unspecified atom stereocenters. The summed E-state index contributed by atoms with van der Waals surface area (Å²) in [7, 11) is 0. The quantitative estimate of drug-likeness (QED) is 0.638. The van der Waals surface area contributed by atoms with E-state index in [2.05, 4.69) is 21.0 Å². The first-order valence-electron chi connectivity index (χ1n) is 5.19. The van der Waals surface area contributed by atoms with Gasteiger partial charge in [0.25, 0.3) is 0 Å². The van der Waals surface area contributed by atoms with Crippen LogP contribution in [0.1, 0.15) is 22.3 Å². The van der Waals surface area contributed by atoms with E-state index in [1.165, 1.54) is 0 Å². The number of aromatic nitrogens is 2. The maximum atomic E-state index is 12.0. The Morgan fingerprint density at radius 2 is 2.47 bits per heavy atom. The maximum Gasteiger partial charge on any atom is 0.205 e. The fourth-order valence-electron chi connectivity index (χ4n) is 1.47. The van der Waals surface area contributed by atoms with Gasteiger partial charge >= 0.3 is 0 Å². The molecule has 0 amide bonds. The normalized spacial score (nSPS) is 11.2. The Hall–Kier alpha value is -1.20. The zero-order chi connectivity index (χ0) is 12.3. The molecule has 0 aliphatic carbocycles. The van der Waals surface area contributed by atoms with Crippen LogP contribution in [0.15, 0.2) is 34.3 Å². The first-order chi connectivity index (χ1) is 8.22. The smallest absolute Gasteiger partial charge is 0.205 e. The Morgan fingerprint density at radius 1 is 1.65 bits per heavy atom. The summed E-state index contributed by atoms with van der Waals surface area (Å²) in [5, 5.41) is 6.10. The monoisotopic (exact) mass is 310 g/mol. The van der Waals surface area contributed by atoms with Gasteiger partial charge in [-0.2, -0.15) is 5.10 Å². The average molecular weight is 311 g/mol. The van der Waals surface area contributed by atoms with Crippen LogP contribution in [0.4, 0.5) is 0 Å². The van der Waals surface area contributed by atoms with Crippen LogP contribution < -0.4 is 0 Å². The fourth-order valence-corrected chi connectivity index (χ4v) is 2.58. The average Bonchev–Trinajstić information content (AvgIpc) is 2.94. The first kappa shape index (κ1) is 12.3. The number of hydrogen-bond acceptors (Lipinski definition) is 3.